The lowest BCUT2D eigenvalue weighted by molar-refractivity contribution is 0.522. The lowest BCUT2D eigenvalue weighted by Gasteiger charge is -2.12. The first-order valence-corrected chi connectivity index (χ1v) is 10.3. The van der Waals surface area contributed by atoms with Crippen molar-refractivity contribution in [3.63, 3.8) is 0 Å². The van der Waals surface area contributed by atoms with Gasteiger partial charge < -0.3 is 4.57 Å². The SMILES string of the molecule is O=S(=O)(Nc1ccccc1-c1cn2c(n1)CCCC2)c1ccc(Cl)cc1. The van der Waals surface area contributed by atoms with Crippen LogP contribution < -0.4 is 4.72 Å². The highest BCUT2D eigenvalue weighted by Gasteiger charge is 2.19. The molecule has 2 aromatic carbocycles. The summed E-state index contributed by atoms with van der Waals surface area (Å²) in [4.78, 5) is 4.87. The molecule has 0 amide bonds. The van der Waals surface area contributed by atoms with Crippen molar-refractivity contribution in [2.24, 2.45) is 0 Å². The molecule has 1 aliphatic heterocycles. The zero-order valence-electron chi connectivity index (χ0n) is 14.0. The summed E-state index contributed by atoms with van der Waals surface area (Å²) in [5.41, 5.74) is 2.07. The Morgan fingerprint density at radius 2 is 1.81 bits per heavy atom. The molecular weight excluding hydrogens is 370 g/mol. The van der Waals surface area contributed by atoms with Gasteiger partial charge in [-0.25, -0.2) is 13.4 Å². The quantitative estimate of drug-likeness (QED) is 0.724. The predicted octanol–water partition coefficient (Wildman–Crippen LogP) is 4.34. The topological polar surface area (TPSA) is 64.0 Å². The van der Waals surface area contributed by atoms with Gasteiger partial charge in [-0.05, 0) is 43.2 Å². The Balaban J connectivity index is 1.70. The molecule has 0 spiro atoms. The molecule has 2 heterocycles. The van der Waals surface area contributed by atoms with Crippen LogP contribution in [0.3, 0.4) is 0 Å². The van der Waals surface area contributed by atoms with E-state index in [9.17, 15) is 8.42 Å². The monoisotopic (exact) mass is 387 g/mol. The molecular formula is C19H18ClN3O2S. The van der Waals surface area contributed by atoms with E-state index in [0.717, 1.165) is 42.9 Å². The van der Waals surface area contributed by atoms with Gasteiger partial charge in [0.25, 0.3) is 10.0 Å². The van der Waals surface area contributed by atoms with Crippen molar-refractivity contribution in [1.82, 2.24) is 9.55 Å². The van der Waals surface area contributed by atoms with E-state index in [-0.39, 0.29) is 4.90 Å². The summed E-state index contributed by atoms with van der Waals surface area (Å²) in [5.74, 6) is 1.06. The van der Waals surface area contributed by atoms with Gasteiger partial charge in [0.05, 0.1) is 16.3 Å². The number of fused-ring (bicyclic) bond motifs is 1. The molecule has 0 bridgehead atoms. The maximum atomic E-state index is 12.7. The minimum absolute atomic E-state index is 0.167. The van der Waals surface area contributed by atoms with Crippen molar-refractivity contribution < 1.29 is 8.42 Å². The summed E-state index contributed by atoms with van der Waals surface area (Å²) < 4.78 is 30.3. The number of halogens is 1. The first kappa shape index (κ1) is 17.1. The number of aryl methyl sites for hydroxylation is 2. The Morgan fingerprint density at radius 3 is 2.58 bits per heavy atom. The number of hydrogen-bond donors (Lipinski definition) is 1. The van der Waals surface area contributed by atoms with Crippen molar-refractivity contribution in [3.05, 3.63) is 65.6 Å². The lowest BCUT2D eigenvalue weighted by atomic mass is 10.1. The highest BCUT2D eigenvalue weighted by atomic mass is 35.5. The van der Waals surface area contributed by atoms with E-state index in [4.69, 9.17) is 16.6 Å². The largest absolute Gasteiger partial charge is 0.334 e. The van der Waals surface area contributed by atoms with E-state index in [2.05, 4.69) is 9.29 Å². The third-order valence-corrected chi connectivity index (χ3v) is 6.11. The van der Waals surface area contributed by atoms with Crippen molar-refractivity contribution in [1.29, 1.82) is 0 Å². The molecule has 0 radical (unpaired) electrons. The van der Waals surface area contributed by atoms with E-state index in [1.54, 1.807) is 24.3 Å². The molecule has 134 valence electrons. The van der Waals surface area contributed by atoms with Crippen molar-refractivity contribution in [2.75, 3.05) is 4.72 Å². The smallest absolute Gasteiger partial charge is 0.261 e. The average molecular weight is 388 g/mol. The number of nitrogens with one attached hydrogen (secondary N) is 1. The molecule has 4 rings (SSSR count). The van der Waals surface area contributed by atoms with Crippen LogP contribution in [0, 0.1) is 0 Å². The number of para-hydroxylation sites is 1. The average Bonchev–Trinajstić information content (AvgIpc) is 3.06. The molecule has 3 aromatic rings. The summed E-state index contributed by atoms with van der Waals surface area (Å²) in [6.45, 7) is 0.959. The van der Waals surface area contributed by atoms with Crippen molar-refractivity contribution in [3.8, 4) is 11.3 Å². The molecule has 0 fully saturated rings. The number of benzene rings is 2. The van der Waals surface area contributed by atoms with Crippen LogP contribution in [0.15, 0.2) is 59.6 Å². The van der Waals surface area contributed by atoms with E-state index in [0.29, 0.717) is 10.7 Å². The Morgan fingerprint density at radius 1 is 1.04 bits per heavy atom. The molecule has 0 unspecified atom stereocenters. The van der Waals surface area contributed by atoms with Crippen LogP contribution in [0.4, 0.5) is 5.69 Å². The van der Waals surface area contributed by atoms with Gasteiger partial charge in [-0.15, -0.1) is 0 Å². The fraction of sp³-hybridized carbons (Fsp3) is 0.211. The predicted molar refractivity (Wildman–Crippen MR) is 103 cm³/mol. The van der Waals surface area contributed by atoms with Crippen LogP contribution in [0.2, 0.25) is 5.02 Å². The van der Waals surface area contributed by atoms with Gasteiger partial charge in [-0.3, -0.25) is 4.72 Å². The van der Waals surface area contributed by atoms with Gasteiger partial charge in [-0.1, -0.05) is 29.8 Å². The van der Waals surface area contributed by atoms with E-state index in [1.165, 1.54) is 12.1 Å². The molecule has 0 saturated carbocycles. The number of nitrogens with zero attached hydrogens (tertiary/aromatic N) is 2. The van der Waals surface area contributed by atoms with Gasteiger partial charge in [0.2, 0.25) is 0 Å². The van der Waals surface area contributed by atoms with E-state index >= 15 is 0 Å². The zero-order chi connectivity index (χ0) is 18.1. The van der Waals surface area contributed by atoms with Crippen LogP contribution in [-0.2, 0) is 23.0 Å². The number of imidazole rings is 1. The lowest BCUT2D eigenvalue weighted by Crippen LogP contribution is -2.13. The third kappa shape index (κ3) is 3.34. The second-order valence-electron chi connectivity index (χ2n) is 6.30. The number of rotatable bonds is 4. The van der Waals surface area contributed by atoms with Crippen molar-refractivity contribution in [2.45, 2.75) is 30.7 Å². The molecule has 26 heavy (non-hydrogen) atoms. The molecule has 7 heteroatoms. The molecule has 1 aliphatic rings. The maximum absolute atomic E-state index is 12.7. The fourth-order valence-corrected chi connectivity index (χ4v) is 4.36. The van der Waals surface area contributed by atoms with E-state index in [1.807, 2.05) is 18.3 Å². The normalized spacial score (nSPS) is 14.0. The first-order valence-electron chi connectivity index (χ1n) is 8.47. The highest BCUT2D eigenvalue weighted by Crippen LogP contribution is 2.30. The van der Waals surface area contributed by atoms with Gasteiger partial charge in [0.1, 0.15) is 5.82 Å². The van der Waals surface area contributed by atoms with Crippen LogP contribution in [0.25, 0.3) is 11.3 Å². The second-order valence-corrected chi connectivity index (χ2v) is 8.42. The van der Waals surface area contributed by atoms with E-state index < -0.39 is 10.0 Å². The molecule has 0 saturated heterocycles. The summed E-state index contributed by atoms with van der Waals surface area (Å²) in [5, 5.41) is 0.493. The zero-order valence-corrected chi connectivity index (χ0v) is 15.6. The Bertz CT molecular complexity index is 1020. The maximum Gasteiger partial charge on any atom is 0.261 e. The molecule has 1 N–H and O–H groups in total. The summed E-state index contributed by atoms with van der Waals surface area (Å²) in [6, 6.07) is 13.4. The van der Waals surface area contributed by atoms with Gasteiger partial charge in [-0.2, -0.15) is 0 Å². The van der Waals surface area contributed by atoms with Gasteiger partial charge >= 0.3 is 0 Å². The van der Waals surface area contributed by atoms with Crippen LogP contribution >= 0.6 is 11.6 Å². The third-order valence-electron chi connectivity index (χ3n) is 4.48. The number of hydrogen-bond acceptors (Lipinski definition) is 3. The highest BCUT2D eigenvalue weighted by molar-refractivity contribution is 7.92. The summed E-state index contributed by atoms with van der Waals surface area (Å²) in [7, 11) is -3.71. The standard InChI is InChI=1S/C19H18ClN3O2S/c20-14-8-10-15(11-9-14)26(24,25)22-17-6-2-1-5-16(17)18-13-23-12-4-3-7-19(23)21-18/h1-2,5-6,8-11,13,22H,3-4,7,12H2. The van der Waals surface area contributed by atoms with Crippen LogP contribution in [0.5, 0.6) is 0 Å². The van der Waals surface area contributed by atoms with Gasteiger partial charge in [0.15, 0.2) is 0 Å². The molecule has 0 atom stereocenters. The summed E-state index contributed by atoms with van der Waals surface area (Å²) >= 11 is 5.85. The number of sulfonamides is 1. The molecule has 5 nitrogen and oxygen atoms in total. The minimum atomic E-state index is -3.71. The summed E-state index contributed by atoms with van der Waals surface area (Å²) in [6.07, 6.45) is 5.25. The van der Waals surface area contributed by atoms with Crippen LogP contribution in [0.1, 0.15) is 18.7 Å². The first-order chi connectivity index (χ1) is 12.5. The minimum Gasteiger partial charge on any atom is -0.334 e. The molecule has 0 aliphatic carbocycles. The Kier molecular flexibility index (Phi) is 4.46. The Hall–Kier alpha value is -2.31. The fourth-order valence-electron chi connectivity index (χ4n) is 3.16. The Labute approximate surface area is 157 Å². The van der Waals surface area contributed by atoms with Crippen LogP contribution in [-0.4, -0.2) is 18.0 Å². The van der Waals surface area contributed by atoms with Gasteiger partial charge in [0, 0.05) is 29.7 Å². The van der Waals surface area contributed by atoms with Crippen molar-refractivity contribution >= 4 is 27.3 Å². The number of anilines is 1. The number of aromatic nitrogens is 2. The second kappa shape index (κ2) is 6.78. The molecule has 1 aromatic heterocycles.